The Labute approximate surface area is 162 Å². The van der Waals surface area contributed by atoms with E-state index in [0.29, 0.717) is 23.8 Å². The summed E-state index contributed by atoms with van der Waals surface area (Å²) in [6, 6.07) is 4.04. The lowest BCUT2D eigenvalue weighted by Crippen LogP contribution is -2.25. The highest BCUT2D eigenvalue weighted by atomic mass is 32.1. The standard InChI is InChI=1S/C19H23N5O2S/c25-17(10-15-13-27-19(22-15)24-9-3-4-18(24)26)21-12-14-5-6-16(20-11-14)23-7-1-2-8-23/h5-6,11,13H,1-4,7-10,12H2,(H,21,25). The summed E-state index contributed by atoms with van der Waals surface area (Å²) in [4.78, 5) is 36.9. The zero-order chi connectivity index (χ0) is 18.6. The molecule has 27 heavy (non-hydrogen) atoms. The van der Waals surface area contributed by atoms with Crippen LogP contribution in [-0.2, 0) is 22.6 Å². The SMILES string of the molecule is O=C(Cc1csc(N2CCCC2=O)n1)NCc1ccc(N2CCCC2)nc1. The topological polar surface area (TPSA) is 78.4 Å². The van der Waals surface area contributed by atoms with Gasteiger partial charge in [-0.15, -0.1) is 11.3 Å². The van der Waals surface area contributed by atoms with E-state index in [9.17, 15) is 9.59 Å². The van der Waals surface area contributed by atoms with Crippen molar-refractivity contribution < 1.29 is 9.59 Å². The summed E-state index contributed by atoms with van der Waals surface area (Å²) >= 11 is 1.42. The molecule has 4 rings (SSSR count). The molecule has 1 N–H and O–H groups in total. The molecule has 2 fully saturated rings. The number of nitrogens with one attached hydrogen (secondary N) is 1. The average Bonchev–Trinajstić information content (AvgIpc) is 3.42. The molecular weight excluding hydrogens is 362 g/mol. The molecule has 0 unspecified atom stereocenters. The molecule has 2 amide bonds. The van der Waals surface area contributed by atoms with Gasteiger partial charge in [-0.2, -0.15) is 0 Å². The summed E-state index contributed by atoms with van der Waals surface area (Å²) in [6.07, 6.45) is 5.96. The van der Waals surface area contributed by atoms with Crippen LogP contribution in [0.15, 0.2) is 23.7 Å². The molecule has 0 radical (unpaired) electrons. The fourth-order valence-corrected chi connectivity index (χ4v) is 4.30. The molecule has 0 aliphatic carbocycles. The molecule has 142 valence electrons. The number of amides is 2. The number of anilines is 2. The molecule has 0 spiro atoms. The maximum Gasteiger partial charge on any atom is 0.228 e. The Hall–Kier alpha value is -2.48. The zero-order valence-corrected chi connectivity index (χ0v) is 16.0. The zero-order valence-electron chi connectivity index (χ0n) is 15.2. The third-order valence-corrected chi connectivity index (χ3v) is 5.83. The van der Waals surface area contributed by atoms with Crippen LogP contribution in [0.1, 0.15) is 36.9 Å². The first-order valence-corrected chi connectivity index (χ1v) is 10.3. The predicted molar refractivity (Wildman–Crippen MR) is 105 cm³/mol. The quantitative estimate of drug-likeness (QED) is 0.824. The monoisotopic (exact) mass is 385 g/mol. The van der Waals surface area contributed by atoms with Gasteiger partial charge in [-0.1, -0.05) is 6.07 Å². The van der Waals surface area contributed by atoms with Crippen LogP contribution >= 0.6 is 11.3 Å². The first kappa shape index (κ1) is 17.9. The molecule has 2 aliphatic heterocycles. The summed E-state index contributed by atoms with van der Waals surface area (Å²) in [6.45, 7) is 3.32. The van der Waals surface area contributed by atoms with Crippen molar-refractivity contribution in [2.75, 3.05) is 29.4 Å². The summed E-state index contributed by atoms with van der Waals surface area (Å²) in [5, 5.41) is 5.47. The Kier molecular flexibility index (Phi) is 5.33. The first-order valence-electron chi connectivity index (χ1n) is 9.40. The highest BCUT2D eigenvalue weighted by Gasteiger charge is 2.24. The molecule has 0 bridgehead atoms. The summed E-state index contributed by atoms with van der Waals surface area (Å²) in [7, 11) is 0. The van der Waals surface area contributed by atoms with Crippen molar-refractivity contribution in [3.05, 3.63) is 35.0 Å². The van der Waals surface area contributed by atoms with Gasteiger partial charge in [0, 0.05) is 44.2 Å². The smallest absolute Gasteiger partial charge is 0.228 e. The maximum absolute atomic E-state index is 12.2. The molecule has 2 aromatic rings. The second-order valence-electron chi connectivity index (χ2n) is 6.94. The fraction of sp³-hybridized carbons (Fsp3) is 0.474. The Balaban J connectivity index is 1.27. The fourth-order valence-electron chi connectivity index (χ4n) is 3.43. The van der Waals surface area contributed by atoms with Crippen LogP contribution in [0.3, 0.4) is 0 Å². The van der Waals surface area contributed by atoms with Crippen molar-refractivity contribution in [2.24, 2.45) is 0 Å². The van der Waals surface area contributed by atoms with Crippen molar-refractivity contribution in [3.63, 3.8) is 0 Å². The molecule has 7 nitrogen and oxygen atoms in total. The lowest BCUT2D eigenvalue weighted by atomic mass is 10.2. The molecule has 2 aromatic heterocycles. The second-order valence-corrected chi connectivity index (χ2v) is 7.78. The van der Waals surface area contributed by atoms with Gasteiger partial charge < -0.3 is 10.2 Å². The number of rotatable bonds is 6. The highest BCUT2D eigenvalue weighted by Crippen LogP contribution is 2.25. The third kappa shape index (κ3) is 4.27. The van der Waals surface area contributed by atoms with Gasteiger partial charge in [0.05, 0.1) is 12.1 Å². The minimum atomic E-state index is -0.0804. The van der Waals surface area contributed by atoms with Crippen LogP contribution in [0.4, 0.5) is 10.9 Å². The molecule has 8 heteroatoms. The van der Waals surface area contributed by atoms with Crippen LogP contribution in [0, 0.1) is 0 Å². The number of carbonyl (C=O) groups is 2. The van der Waals surface area contributed by atoms with Crippen LogP contribution in [0.5, 0.6) is 0 Å². The van der Waals surface area contributed by atoms with Gasteiger partial charge in [-0.3, -0.25) is 14.5 Å². The van der Waals surface area contributed by atoms with Crippen LogP contribution in [-0.4, -0.2) is 41.4 Å². The Morgan fingerprint density at radius 1 is 1.19 bits per heavy atom. The molecule has 0 saturated carbocycles. The molecule has 2 saturated heterocycles. The number of carbonyl (C=O) groups excluding carboxylic acids is 2. The van der Waals surface area contributed by atoms with Crippen molar-refractivity contribution in [3.8, 4) is 0 Å². The van der Waals surface area contributed by atoms with E-state index in [1.807, 2.05) is 23.7 Å². The van der Waals surface area contributed by atoms with Gasteiger partial charge in [-0.25, -0.2) is 9.97 Å². The average molecular weight is 385 g/mol. The molecular formula is C19H23N5O2S. The molecule has 2 aliphatic rings. The maximum atomic E-state index is 12.2. The van der Waals surface area contributed by atoms with E-state index in [1.54, 1.807) is 4.90 Å². The van der Waals surface area contributed by atoms with Crippen LogP contribution in [0.25, 0.3) is 0 Å². The van der Waals surface area contributed by atoms with Gasteiger partial charge in [-0.05, 0) is 30.9 Å². The molecule has 4 heterocycles. The van der Waals surface area contributed by atoms with Crippen molar-refractivity contribution in [1.29, 1.82) is 0 Å². The van der Waals surface area contributed by atoms with E-state index in [0.717, 1.165) is 37.4 Å². The lowest BCUT2D eigenvalue weighted by molar-refractivity contribution is -0.120. The van der Waals surface area contributed by atoms with E-state index >= 15 is 0 Å². The second kappa shape index (κ2) is 8.04. The minimum Gasteiger partial charge on any atom is -0.357 e. The highest BCUT2D eigenvalue weighted by molar-refractivity contribution is 7.14. The van der Waals surface area contributed by atoms with E-state index in [2.05, 4.69) is 20.2 Å². The summed E-state index contributed by atoms with van der Waals surface area (Å²) < 4.78 is 0. The van der Waals surface area contributed by atoms with E-state index in [4.69, 9.17) is 0 Å². The van der Waals surface area contributed by atoms with Gasteiger partial charge >= 0.3 is 0 Å². The number of hydrogen-bond donors (Lipinski definition) is 1. The van der Waals surface area contributed by atoms with Gasteiger partial charge in [0.15, 0.2) is 5.13 Å². The summed E-state index contributed by atoms with van der Waals surface area (Å²) in [5.74, 6) is 1.04. The normalized spacial score (nSPS) is 17.0. The number of pyridine rings is 1. The minimum absolute atomic E-state index is 0.0804. The molecule has 0 atom stereocenters. The largest absolute Gasteiger partial charge is 0.357 e. The summed E-state index contributed by atoms with van der Waals surface area (Å²) in [5.41, 5.74) is 1.68. The number of hydrogen-bond acceptors (Lipinski definition) is 6. The van der Waals surface area contributed by atoms with Gasteiger partial charge in [0.2, 0.25) is 11.8 Å². The predicted octanol–water partition coefficient (Wildman–Crippen LogP) is 2.12. The third-order valence-electron chi connectivity index (χ3n) is 4.91. The lowest BCUT2D eigenvalue weighted by Gasteiger charge is -2.16. The Morgan fingerprint density at radius 3 is 2.74 bits per heavy atom. The van der Waals surface area contributed by atoms with Gasteiger partial charge in [0.25, 0.3) is 0 Å². The van der Waals surface area contributed by atoms with E-state index in [1.165, 1.54) is 24.2 Å². The van der Waals surface area contributed by atoms with E-state index < -0.39 is 0 Å². The van der Waals surface area contributed by atoms with Gasteiger partial charge in [0.1, 0.15) is 5.82 Å². The van der Waals surface area contributed by atoms with Crippen LogP contribution in [0.2, 0.25) is 0 Å². The van der Waals surface area contributed by atoms with Crippen molar-refractivity contribution >= 4 is 34.1 Å². The number of thiazole rings is 1. The Morgan fingerprint density at radius 2 is 2.04 bits per heavy atom. The molecule has 0 aromatic carbocycles. The Bertz CT molecular complexity index is 814. The van der Waals surface area contributed by atoms with Crippen molar-refractivity contribution in [1.82, 2.24) is 15.3 Å². The number of aromatic nitrogens is 2. The van der Waals surface area contributed by atoms with Crippen LogP contribution < -0.4 is 15.1 Å². The number of nitrogens with zero attached hydrogens (tertiary/aromatic N) is 4. The first-order chi connectivity index (χ1) is 13.2. The van der Waals surface area contributed by atoms with E-state index in [-0.39, 0.29) is 18.2 Å². The van der Waals surface area contributed by atoms with Crippen molar-refractivity contribution in [2.45, 2.75) is 38.6 Å².